The Morgan fingerprint density at radius 2 is 1.12 bits per heavy atom. The molecule has 0 heterocycles. The van der Waals surface area contributed by atoms with Gasteiger partial charge in [0.05, 0.1) is 0 Å². The van der Waals surface area contributed by atoms with E-state index in [0.29, 0.717) is 0 Å². The topological polar surface area (TPSA) is 110 Å². The maximum absolute atomic E-state index is 8.74. The molecular formula is H6AgClNO4S. The van der Waals surface area contributed by atoms with Gasteiger partial charge in [-0.3, -0.25) is 9.11 Å². The molecule has 5 nitrogen and oxygen atoms in total. The maximum atomic E-state index is 8.74. The zero-order valence-corrected chi connectivity index (χ0v) is 6.65. The molecule has 8 heavy (non-hydrogen) atoms. The van der Waals surface area contributed by atoms with Crippen LogP contribution in [0.2, 0.25) is 0 Å². The van der Waals surface area contributed by atoms with Gasteiger partial charge >= 0.3 is 10.4 Å². The number of rotatable bonds is 0. The van der Waals surface area contributed by atoms with E-state index in [9.17, 15) is 0 Å². The number of hydrogen-bond acceptors (Lipinski definition) is 3. The zero-order valence-electron chi connectivity index (χ0n) is 3.54. The molecule has 0 atom stereocenters. The molecular weight excluding hydrogens is 253 g/mol. The summed E-state index contributed by atoms with van der Waals surface area (Å²) in [6, 6.07) is 0. The minimum absolute atomic E-state index is 0. The van der Waals surface area contributed by atoms with E-state index in [1.807, 2.05) is 0 Å². The Bertz CT molecular complexity index is 99.2. The Labute approximate surface area is 68.9 Å². The molecule has 5 N–H and O–H groups in total. The fourth-order valence-electron chi connectivity index (χ4n) is 0. The fourth-order valence-corrected chi connectivity index (χ4v) is 0. The largest absolute Gasteiger partial charge is 0.394 e. The van der Waals surface area contributed by atoms with Crippen LogP contribution in [-0.4, -0.2) is 17.5 Å². The summed E-state index contributed by atoms with van der Waals surface area (Å²) in [4.78, 5) is 0. The Morgan fingerprint density at radius 1 is 1.12 bits per heavy atom. The third kappa shape index (κ3) is 318. The molecule has 0 aliphatic carbocycles. The van der Waals surface area contributed by atoms with Crippen LogP contribution in [0.3, 0.4) is 0 Å². The van der Waals surface area contributed by atoms with Crippen LogP contribution in [0, 0.1) is 0 Å². The quantitative estimate of drug-likeness (QED) is 0.417. The zero-order chi connectivity index (χ0) is 4.50. The van der Waals surface area contributed by atoms with Crippen LogP contribution < -0.4 is 6.15 Å². The van der Waals surface area contributed by atoms with Gasteiger partial charge in [-0.2, -0.15) is 8.42 Å². The minimum Gasteiger partial charge on any atom is -0.344 e. The van der Waals surface area contributed by atoms with Gasteiger partial charge in [0.25, 0.3) is 0 Å². The fraction of sp³-hybridized carbons (Fsp3) is 0. The normalized spacial score (nSPS) is 7.25. The molecule has 8 heteroatoms. The van der Waals surface area contributed by atoms with Crippen LogP contribution in [0.25, 0.3) is 0 Å². The van der Waals surface area contributed by atoms with Gasteiger partial charge in [0, 0.05) is 22.4 Å². The second kappa shape index (κ2) is 7.86. The molecule has 0 aromatic rings. The summed E-state index contributed by atoms with van der Waals surface area (Å²) >= 11 is 0. The molecule has 0 bridgehead atoms. The van der Waals surface area contributed by atoms with E-state index >= 15 is 0 Å². The van der Waals surface area contributed by atoms with Crippen molar-refractivity contribution in [2.45, 2.75) is 0 Å². The molecule has 0 aliphatic rings. The van der Waals surface area contributed by atoms with Crippen molar-refractivity contribution >= 4 is 22.8 Å². The van der Waals surface area contributed by atoms with Gasteiger partial charge < -0.3 is 6.15 Å². The van der Waals surface area contributed by atoms with Crippen molar-refractivity contribution in [3.63, 3.8) is 0 Å². The third-order valence-corrected chi connectivity index (χ3v) is 0. The van der Waals surface area contributed by atoms with Gasteiger partial charge in [0.1, 0.15) is 0 Å². The standard InChI is InChI=1S/Ag.ClH.H3N.H2O4S/c;;;1-5(2,3)4/h;1H;1H3;(H2,1,2,3,4). The first-order chi connectivity index (χ1) is 2.00. The van der Waals surface area contributed by atoms with Crippen LogP contribution in [0.1, 0.15) is 0 Å². The van der Waals surface area contributed by atoms with E-state index in [2.05, 4.69) is 0 Å². The molecule has 0 rings (SSSR count). The van der Waals surface area contributed by atoms with Crippen LogP contribution in [0.15, 0.2) is 0 Å². The van der Waals surface area contributed by atoms with Gasteiger partial charge in [0.2, 0.25) is 0 Å². The van der Waals surface area contributed by atoms with Gasteiger partial charge in [-0.1, -0.05) is 0 Å². The van der Waals surface area contributed by atoms with E-state index in [-0.39, 0.29) is 40.9 Å². The maximum Gasteiger partial charge on any atom is 0.394 e. The molecule has 0 aromatic carbocycles. The monoisotopic (exact) mass is 258 g/mol. The molecule has 0 saturated heterocycles. The molecule has 0 saturated carbocycles. The summed E-state index contributed by atoms with van der Waals surface area (Å²) in [7, 11) is -4.67. The first-order valence-electron chi connectivity index (χ1n) is 0.698. The van der Waals surface area contributed by atoms with Crippen molar-refractivity contribution in [2.24, 2.45) is 0 Å². The average molecular weight is 259 g/mol. The van der Waals surface area contributed by atoms with E-state index in [1.165, 1.54) is 0 Å². The number of hydrogen-bond donors (Lipinski definition) is 3. The summed E-state index contributed by atoms with van der Waals surface area (Å²) in [5.41, 5.74) is 0. The molecule has 0 unspecified atom stereocenters. The predicted molar refractivity (Wildman–Crippen MR) is 26.4 cm³/mol. The molecule has 0 spiro atoms. The molecule has 0 aliphatic heterocycles. The first-order valence-corrected chi connectivity index (χ1v) is 2.10. The summed E-state index contributed by atoms with van der Waals surface area (Å²) in [6.45, 7) is 0. The van der Waals surface area contributed by atoms with Gasteiger partial charge in [-0.25, -0.2) is 0 Å². The van der Waals surface area contributed by atoms with Gasteiger partial charge in [-0.15, -0.1) is 12.4 Å². The van der Waals surface area contributed by atoms with Gasteiger partial charge in [0.15, 0.2) is 0 Å². The van der Waals surface area contributed by atoms with Crippen molar-refractivity contribution in [3.05, 3.63) is 0 Å². The van der Waals surface area contributed by atoms with E-state index in [1.54, 1.807) is 0 Å². The first kappa shape index (κ1) is 23.2. The second-order valence-corrected chi connectivity index (χ2v) is 1.34. The Kier molecular flexibility index (Phi) is 22.8. The molecule has 0 fully saturated rings. The Balaban J connectivity index is -0.0000000267. The van der Waals surface area contributed by atoms with E-state index in [0.717, 1.165) is 0 Å². The molecule has 0 aromatic heterocycles. The Hall–Kier alpha value is 0.860. The minimum atomic E-state index is -4.67. The summed E-state index contributed by atoms with van der Waals surface area (Å²) in [5, 5.41) is 0. The van der Waals surface area contributed by atoms with Crippen molar-refractivity contribution < 1.29 is 39.9 Å². The third-order valence-electron chi connectivity index (χ3n) is 0. The smallest absolute Gasteiger partial charge is 0.344 e. The van der Waals surface area contributed by atoms with E-state index in [4.69, 9.17) is 17.5 Å². The van der Waals surface area contributed by atoms with Crippen LogP contribution in [-0.2, 0) is 32.8 Å². The average Bonchev–Trinajstić information content (AvgIpc) is 0.722. The predicted octanol–water partition coefficient (Wildman–Crippen LogP) is -0.0715. The van der Waals surface area contributed by atoms with Crippen molar-refractivity contribution in [3.8, 4) is 0 Å². The van der Waals surface area contributed by atoms with Crippen molar-refractivity contribution in [2.75, 3.05) is 0 Å². The van der Waals surface area contributed by atoms with Crippen molar-refractivity contribution in [1.82, 2.24) is 6.15 Å². The summed E-state index contributed by atoms with van der Waals surface area (Å²) in [6.07, 6.45) is 0. The van der Waals surface area contributed by atoms with Crippen LogP contribution in [0.4, 0.5) is 0 Å². The van der Waals surface area contributed by atoms with Crippen LogP contribution >= 0.6 is 12.4 Å². The molecule has 1 radical (unpaired) electrons. The number of halogens is 1. The van der Waals surface area contributed by atoms with Crippen molar-refractivity contribution in [1.29, 1.82) is 0 Å². The Morgan fingerprint density at radius 3 is 1.12 bits per heavy atom. The second-order valence-electron chi connectivity index (χ2n) is 0.448. The van der Waals surface area contributed by atoms with E-state index < -0.39 is 10.4 Å². The SMILES string of the molecule is Cl.N.O=S(=O)(O)O.[Ag]. The van der Waals surface area contributed by atoms with Crippen LogP contribution in [0.5, 0.6) is 0 Å². The summed E-state index contributed by atoms with van der Waals surface area (Å²) < 4.78 is 31.6. The summed E-state index contributed by atoms with van der Waals surface area (Å²) in [5.74, 6) is 0. The molecule has 0 amide bonds. The van der Waals surface area contributed by atoms with Gasteiger partial charge in [-0.05, 0) is 0 Å². The molecule has 59 valence electrons.